The molecule has 1 saturated heterocycles. The van der Waals surface area contributed by atoms with Crippen LogP contribution in [-0.4, -0.2) is 57.2 Å². The summed E-state index contributed by atoms with van der Waals surface area (Å²) in [4.78, 5) is 16.1. The molecule has 2 aromatic carbocycles. The van der Waals surface area contributed by atoms with Crippen LogP contribution in [0.5, 0.6) is 11.5 Å². The largest absolute Gasteiger partial charge is 0.496 e. The van der Waals surface area contributed by atoms with Crippen molar-refractivity contribution in [3.8, 4) is 11.5 Å². The summed E-state index contributed by atoms with van der Waals surface area (Å²) in [6.45, 7) is 6.92. The predicted molar refractivity (Wildman–Crippen MR) is 106 cm³/mol. The normalized spacial score (nSPS) is 14.9. The molecule has 5 nitrogen and oxygen atoms in total. The van der Waals surface area contributed by atoms with Gasteiger partial charge in [0.2, 0.25) is 0 Å². The molecule has 0 unspecified atom stereocenters. The second-order valence-corrected chi connectivity index (χ2v) is 7.22. The molecule has 144 valence electrons. The van der Waals surface area contributed by atoms with E-state index in [0.29, 0.717) is 17.2 Å². The molecule has 0 atom stereocenters. The highest BCUT2D eigenvalue weighted by Crippen LogP contribution is 2.20. The highest BCUT2D eigenvalue weighted by atomic mass is 35.5. The quantitative estimate of drug-likeness (QED) is 0.822. The van der Waals surface area contributed by atoms with Crippen LogP contribution in [0.4, 0.5) is 0 Å². The Balaban J connectivity index is 1.45. The standard InChI is InChI=1S/C21H25ClN2O3/c1-16-3-4-17(15-20(16)26-2)21(25)24-11-9-23(10-12-24)13-14-27-19-7-5-18(22)6-8-19/h3-8,15H,9-14H2,1-2H3/p+1. The fourth-order valence-corrected chi connectivity index (χ4v) is 3.38. The van der Waals surface area contributed by atoms with Crippen molar-refractivity contribution in [2.45, 2.75) is 6.92 Å². The van der Waals surface area contributed by atoms with E-state index in [1.807, 2.05) is 54.3 Å². The summed E-state index contributed by atoms with van der Waals surface area (Å²) in [5.41, 5.74) is 1.72. The summed E-state index contributed by atoms with van der Waals surface area (Å²) in [5.74, 6) is 1.66. The lowest BCUT2D eigenvalue weighted by atomic mass is 10.1. The van der Waals surface area contributed by atoms with Crippen molar-refractivity contribution < 1.29 is 19.2 Å². The zero-order valence-electron chi connectivity index (χ0n) is 15.8. The summed E-state index contributed by atoms with van der Waals surface area (Å²) in [7, 11) is 1.63. The SMILES string of the molecule is COc1cc(C(=O)N2CC[NH+](CCOc3ccc(Cl)cc3)CC2)ccc1C. The first-order chi connectivity index (χ1) is 13.1. The Morgan fingerprint density at radius 3 is 2.52 bits per heavy atom. The molecule has 1 amide bonds. The molecule has 1 aliphatic heterocycles. The Morgan fingerprint density at radius 2 is 1.85 bits per heavy atom. The summed E-state index contributed by atoms with van der Waals surface area (Å²) < 4.78 is 11.1. The van der Waals surface area contributed by atoms with E-state index in [2.05, 4.69) is 0 Å². The lowest BCUT2D eigenvalue weighted by Gasteiger charge is -2.32. The number of halogens is 1. The van der Waals surface area contributed by atoms with Crippen LogP contribution in [0.3, 0.4) is 0 Å². The molecule has 0 saturated carbocycles. The second-order valence-electron chi connectivity index (χ2n) is 6.78. The number of hydrogen-bond acceptors (Lipinski definition) is 3. The Bertz CT molecular complexity index is 771. The monoisotopic (exact) mass is 389 g/mol. The van der Waals surface area contributed by atoms with Crippen molar-refractivity contribution in [3.05, 3.63) is 58.6 Å². The third kappa shape index (κ3) is 5.15. The molecule has 3 rings (SSSR count). The van der Waals surface area contributed by atoms with E-state index < -0.39 is 0 Å². The molecule has 0 aliphatic carbocycles. The first-order valence-corrected chi connectivity index (χ1v) is 9.60. The van der Waals surface area contributed by atoms with Gasteiger partial charge in [-0.2, -0.15) is 0 Å². The number of amides is 1. The molecule has 1 heterocycles. The van der Waals surface area contributed by atoms with E-state index in [4.69, 9.17) is 21.1 Å². The van der Waals surface area contributed by atoms with Crippen molar-refractivity contribution in [3.63, 3.8) is 0 Å². The van der Waals surface area contributed by atoms with Gasteiger partial charge in [-0.15, -0.1) is 0 Å². The van der Waals surface area contributed by atoms with E-state index in [9.17, 15) is 4.79 Å². The minimum Gasteiger partial charge on any atom is -0.496 e. The highest BCUT2D eigenvalue weighted by molar-refractivity contribution is 6.30. The first kappa shape index (κ1) is 19.5. The summed E-state index contributed by atoms with van der Waals surface area (Å²) in [5, 5.41) is 0.708. The Kier molecular flexibility index (Phi) is 6.58. The van der Waals surface area contributed by atoms with E-state index in [1.165, 1.54) is 4.90 Å². The van der Waals surface area contributed by atoms with Gasteiger partial charge in [0.15, 0.2) is 0 Å². The van der Waals surface area contributed by atoms with Crippen LogP contribution in [0.15, 0.2) is 42.5 Å². The van der Waals surface area contributed by atoms with Crippen LogP contribution in [0.1, 0.15) is 15.9 Å². The van der Waals surface area contributed by atoms with Gasteiger partial charge in [0.1, 0.15) is 24.7 Å². The molecule has 1 N–H and O–H groups in total. The van der Waals surface area contributed by atoms with E-state index in [1.54, 1.807) is 7.11 Å². The van der Waals surface area contributed by atoms with Gasteiger partial charge >= 0.3 is 0 Å². The van der Waals surface area contributed by atoms with E-state index >= 15 is 0 Å². The van der Waals surface area contributed by atoms with Crippen LogP contribution in [0.2, 0.25) is 5.02 Å². The molecule has 1 fully saturated rings. The average Bonchev–Trinajstić information content (AvgIpc) is 2.70. The van der Waals surface area contributed by atoms with Crippen LogP contribution in [-0.2, 0) is 0 Å². The molecule has 6 heteroatoms. The minimum absolute atomic E-state index is 0.0739. The number of aryl methyl sites for hydroxylation is 1. The number of rotatable bonds is 6. The van der Waals surface area contributed by atoms with Crippen molar-refractivity contribution in [2.24, 2.45) is 0 Å². The molecule has 27 heavy (non-hydrogen) atoms. The smallest absolute Gasteiger partial charge is 0.254 e. The van der Waals surface area contributed by atoms with Crippen LogP contribution < -0.4 is 14.4 Å². The molecule has 0 aromatic heterocycles. The van der Waals surface area contributed by atoms with Crippen molar-refractivity contribution in [2.75, 3.05) is 46.4 Å². The van der Waals surface area contributed by atoms with Gasteiger partial charge in [-0.25, -0.2) is 0 Å². The third-order valence-electron chi connectivity index (χ3n) is 4.95. The van der Waals surface area contributed by atoms with Crippen LogP contribution >= 0.6 is 11.6 Å². The zero-order chi connectivity index (χ0) is 19.2. The number of quaternary nitrogens is 1. The molecular weight excluding hydrogens is 364 g/mol. The maximum atomic E-state index is 12.7. The molecule has 0 radical (unpaired) electrons. The molecule has 2 aromatic rings. The van der Waals surface area contributed by atoms with Gasteiger partial charge in [0.05, 0.1) is 33.3 Å². The van der Waals surface area contributed by atoms with E-state index in [0.717, 1.165) is 49.8 Å². The van der Waals surface area contributed by atoms with Crippen molar-refractivity contribution in [1.82, 2.24) is 4.90 Å². The van der Waals surface area contributed by atoms with E-state index in [-0.39, 0.29) is 5.91 Å². The van der Waals surface area contributed by atoms with Crippen molar-refractivity contribution >= 4 is 17.5 Å². The zero-order valence-corrected chi connectivity index (χ0v) is 16.6. The van der Waals surface area contributed by atoms with Crippen LogP contribution in [0, 0.1) is 6.92 Å². The lowest BCUT2D eigenvalue weighted by molar-refractivity contribution is -0.903. The number of hydrogen-bond donors (Lipinski definition) is 1. The van der Waals surface area contributed by atoms with Gasteiger partial charge in [0.25, 0.3) is 5.91 Å². The lowest BCUT2D eigenvalue weighted by Crippen LogP contribution is -3.15. The molecule has 1 aliphatic rings. The van der Waals surface area contributed by atoms with Gasteiger partial charge in [-0.3, -0.25) is 4.79 Å². The number of piperazine rings is 1. The van der Waals surface area contributed by atoms with Gasteiger partial charge < -0.3 is 19.3 Å². The maximum absolute atomic E-state index is 12.7. The number of methoxy groups -OCH3 is 1. The number of benzene rings is 2. The summed E-state index contributed by atoms with van der Waals surface area (Å²) >= 11 is 5.88. The van der Waals surface area contributed by atoms with Gasteiger partial charge in [-0.05, 0) is 48.9 Å². The molecule has 0 bridgehead atoms. The number of nitrogens with zero attached hydrogens (tertiary/aromatic N) is 1. The van der Waals surface area contributed by atoms with Crippen LogP contribution in [0.25, 0.3) is 0 Å². The topological polar surface area (TPSA) is 43.2 Å². The number of nitrogens with one attached hydrogen (secondary N) is 1. The summed E-state index contributed by atoms with van der Waals surface area (Å²) in [6, 6.07) is 13.1. The minimum atomic E-state index is 0.0739. The molecular formula is C21H26ClN2O3+. The molecule has 0 spiro atoms. The summed E-state index contributed by atoms with van der Waals surface area (Å²) in [6.07, 6.45) is 0. The third-order valence-corrected chi connectivity index (χ3v) is 5.20. The number of carbonyl (C=O) groups is 1. The fraction of sp³-hybridized carbons (Fsp3) is 0.381. The Hall–Kier alpha value is -2.24. The average molecular weight is 390 g/mol. The fourth-order valence-electron chi connectivity index (χ4n) is 3.26. The van der Waals surface area contributed by atoms with Gasteiger partial charge in [-0.1, -0.05) is 17.7 Å². The van der Waals surface area contributed by atoms with Gasteiger partial charge in [0, 0.05) is 10.6 Å². The number of ether oxygens (including phenoxy) is 2. The second kappa shape index (κ2) is 9.11. The highest BCUT2D eigenvalue weighted by Gasteiger charge is 2.24. The van der Waals surface area contributed by atoms with Crippen molar-refractivity contribution in [1.29, 1.82) is 0 Å². The Labute approximate surface area is 165 Å². The first-order valence-electron chi connectivity index (χ1n) is 9.22. The Morgan fingerprint density at radius 1 is 1.15 bits per heavy atom. The maximum Gasteiger partial charge on any atom is 0.254 e. The number of carbonyl (C=O) groups excluding carboxylic acids is 1. The predicted octanol–water partition coefficient (Wildman–Crippen LogP) is 2.08.